The van der Waals surface area contributed by atoms with Crippen LogP contribution in [0.1, 0.15) is 40.5 Å². The van der Waals surface area contributed by atoms with Gasteiger partial charge in [-0.05, 0) is 52.7 Å². The molecule has 0 spiro atoms. The molecular weight excluding hydrogens is 417 g/mol. The second kappa shape index (κ2) is 8.10. The minimum atomic E-state index is -4.23. The van der Waals surface area contributed by atoms with Crippen LogP contribution in [0.5, 0.6) is 0 Å². The number of hydrogen-bond acceptors (Lipinski definition) is 7. The van der Waals surface area contributed by atoms with Crippen LogP contribution in [0, 0.1) is 5.82 Å². The first-order valence-electron chi connectivity index (χ1n) is 9.77. The van der Waals surface area contributed by atoms with E-state index in [0.717, 1.165) is 22.6 Å². The molecule has 1 aromatic rings. The number of amides is 1. The van der Waals surface area contributed by atoms with Gasteiger partial charge in [-0.1, -0.05) is 0 Å². The zero-order valence-electron chi connectivity index (χ0n) is 17.4. The standard InChI is InChI=1S/C19H26FN3O6S/c1-5-28-17(24)16-14-8-7-13(23(14)18(25)29-19(2,3)4)11-22(16)30(26,27)15-9-6-12(20)10-21-15/h6,9-10,13-14,16H,5,7-8,11H2,1-4H3/t13-,14+,16+/m1/s1. The topological polar surface area (TPSA) is 106 Å². The predicted molar refractivity (Wildman–Crippen MR) is 103 cm³/mol. The van der Waals surface area contributed by atoms with Gasteiger partial charge in [0.1, 0.15) is 17.5 Å². The summed E-state index contributed by atoms with van der Waals surface area (Å²) in [6.07, 6.45) is 1.15. The number of sulfonamides is 1. The van der Waals surface area contributed by atoms with Crippen LogP contribution in [-0.2, 0) is 24.3 Å². The average Bonchev–Trinajstić information content (AvgIpc) is 2.94. The third-order valence-corrected chi connectivity index (χ3v) is 6.78. The van der Waals surface area contributed by atoms with Gasteiger partial charge in [-0.25, -0.2) is 22.6 Å². The Hall–Kier alpha value is -2.27. The molecule has 0 N–H and O–H groups in total. The zero-order chi connectivity index (χ0) is 22.3. The van der Waals surface area contributed by atoms with Gasteiger partial charge in [0.15, 0.2) is 5.03 Å². The molecule has 0 aliphatic carbocycles. The summed E-state index contributed by atoms with van der Waals surface area (Å²) in [4.78, 5) is 30.7. The maximum absolute atomic E-state index is 13.2. The van der Waals surface area contributed by atoms with Gasteiger partial charge in [-0.3, -0.25) is 9.69 Å². The first kappa shape index (κ1) is 22.4. The molecule has 9 nitrogen and oxygen atoms in total. The number of halogens is 1. The molecule has 2 fully saturated rings. The van der Waals surface area contributed by atoms with E-state index in [1.165, 1.54) is 4.90 Å². The number of fused-ring (bicyclic) bond motifs is 2. The van der Waals surface area contributed by atoms with Crippen LogP contribution in [0.2, 0.25) is 0 Å². The van der Waals surface area contributed by atoms with Crippen LogP contribution in [0.4, 0.5) is 9.18 Å². The normalized spacial score (nSPS) is 24.6. The molecule has 2 saturated heterocycles. The van der Waals surface area contributed by atoms with Gasteiger partial charge in [0.05, 0.1) is 18.8 Å². The lowest BCUT2D eigenvalue weighted by Gasteiger charge is -2.44. The SMILES string of the molecule is CCOC(=O)[C@@H]1[C@@H]2CC[C@H](CN1S(=O)(=O)c1ccc(F)cn1)N2C(=O)OC(C)(C)C. The van der Waals surface area contributed by atoms with E-state index in [1.54, 1.807) is 27.7 Å². The zero-order valence-corrected chi connectivity index (χ0v) is 18.2. The first-order valence-corrected chi connectivity index (χ1v) is 11.2. The molecular formula is C19H26FN3O6S. The molecule has 0 saturated carbocycles. The molecule has 3 rings (SSSR count). The predicted octanol–water partition coefficient (Wildman–Crippen LogP) is 1.92. The average molecular weight is 443 g/mol. The highest BCUT2D eigenvalue weighted by Gasteiger charge is 2.56. The van der Waals surface area contributed by atoms with E-state index >= 15 is 0 Å². The summed E-state index contributed by atoms with van der Waals surface area (Å²) in [5.41, 5.74) is -0.739. The van der Waals surface area contributed by atoms with Crippen LogP contribution in [0.25, 0.3) is 0 Å². The Morgan fingerprint density at radius 2 is 1.97 bits per heavy atom. The number of hydrogen-bond donors (Lipinski definition) is 0. The van der Waals surface area contributed by atoms with E-state index in [0.29, 0.717) is 12.8 Å². The Balaban J connectivity index is 1.99. The largest absolute Gasteiger partial charge is 0.465 e. The van der Waals surface area contributed by atoms with Gasteiger partial charge >= 0.3 is 12.1 Å². The van der Waals surface area contributed by atoms with Crippen molar-refractivity contribution >= 4 is 22.1 Å². The smallest absolute Gasteiger partial charge is 0.410 e. The molecule has 11 heteroatoms. The van der Waals surface area contributed by atoms with Crippen LogP contribution in [0.15, 0.2) is 23.4 Å². The summed E-state index contributed by atoms with van der Waals surface area (Å²) in [6, 6.07) is -0.383. The highest BCUT2D eigenvalue weighted by Crippen LogP contribution is 2.38. The van der Waals surface area contributed by atoms with E-state index in [1.807, 2.05) is 0 Å². The monoisotopic (exact) mass is 443 g/mol. The molecule has 0 unspecified atom stereocenters. The summed E-state index contributed by atoms with van der Waals surface area (Å²) in [5, 5.41) is -0.372. The fourth-order valence-electron chi connectivity index (χ4n) is 3.90. The molecule has 1 amide bonds. The number of piperazine rings is 1. The van der Waals surface area contributed by atoms with Crippen molar-refractivity contribution in [3.63, 3.8) is 0 Å². The van der Waals surface area contributed by atoms with E-state index in [2.05, 4.69) is 4.98 Å². The van der Waals surface area contributed by atoms with Crippen molar-refractivity contribution in [2.24, 2.45) is 0 Å². The summed E-state index contributed by atoms with van der Waals surface area (Å²) in [7, 11) is -4.23. The maximum Gasteiger partial charge on any atom is 0.410 e. The summed E-state index contributed by atoms with van der Waals surface area (Å²) in [5.74, 6) is -1.42. The lowest BCUT2D eigenvalue weighted by atomic mass is 10.1. The molecule has 2 aliphatic heterocycles. The number of carbonyl (C=O) groups excluding carboxylic acids is 2. The van der Waals surface area contributed by atoms with Crippen LogP contribution >= 0.6 is 0 Å². The number of carbonyl (C=O) groups is 2. The highest BCUT2D eigenvalue weighted by atomic mass is 32.2. The number of ether oxygens (including phenoxy) is 2. The second-order valence-electron chi connectivity index (χ2n) is 8.27. The fourth-order valence-corrected chi connectivity index (χ4v) is 5.46. The molecule has 0 aromatic carbocycles. The van der Waals surface area contributed by atoms with Crippen molar-refractivity contribution < 1.29 is 31.9 Å². The number of nitrogens with zero attached hydrogens (tertiary/aromatic N) is 3. The molecule has 166 valence electrons. The van der Waals surface area contributed by atoms with E-state index in [-0.39, 0.29) is 18.2 Å². The Morgan fingerprint density at radius 1 is 1.27 bits per heavy atom. The van der Waals surface area contributed by atoms with Crippen molar-refractivity contribution in [1.29, 1.82) is 0 Å². The van der Waals surface area contributed by atoms with E-state index in [4.69, 9.17) is 9.47 Å². The third kappa shape index (κ3) is 4.27. The Kier molecular flexibility index (Phi) is 6.06. The first-order chi connectivity index (χ1) is 14.0. The van der Waals surface area contributed by atoms with Crippen LogP contribution < -0.4 is 0 Å². The van der Waals surface area contributed by atoms with E-state index < -0.39 is 51.6 Å². The molecule has 30 heavy (non-hydrogen) atoms. The molecule has 2 aliphatic rings. The molecule has 3 atom stereocenters. The Labute approximate surface area is 175 Å². The summed E-state index contributed by atoms with van der Waals surface area (Å²) >= 11 is 0. The summed E-state index contributed by atoms with van der Waals surface area (Å²) < 4.78 is 51.3. The van der Waals surface area contributed by atoms with Gasteiger partial charge in [0.25, 0.3) is 10.0 Å². The quantitative estimate of drug-likeness (QED) is 0.655. The van der Waals surface area contributed by atoms with Gasteiger partial charge in [0, 0.05) is 12.6 Å². The van der Waals surface area contributed by atoms with Gasteiger partial charge in [0.2, 0.25) is 0 Å². The number of rotatable bonds is 4. The molecule has 0 radical (unpaired) electrons. The van der Waals surface area contributed by atoms with Crippen molar-refractivity contribution in [3.8, 4) is 0 Å². The van der Waals surface area contributed by atoms with Gasteiger partial charge < -0.3 is 9.47 Å². The molecule has 3 heterocycles. The van der Waals surface area contributed by atoms with Crippen molar-refractivity contribution in [1.82, 2.24) is 14.2 Å². The van der Waals surface area contributed by atoms with Crippen LogP contribution in [0.3, 0.4) is 0 Å². The minimum absolute atomic E-state index is 0.0562. The molecule has 2 bridgehead atoms. The van der Waals surface area contributed by atoms with Gasteiger partial charge in [-0.2, -0.15) is 4.31 Å². The van der Waals surface area contributed by atoms with Crippen molar-refractivity contribution in [2.45, 2.75) is 69.3 Å². The number of esters is 1. The highest BCUT2D eigenvalue weighted by molar-refractivity contribution is 7.89. The molecule has 1 aromatic heterocycles. The fraction of sp³-hybridized carbons (Fsp3) is 0.632. The van der Waals surface area contributed by atoms with Crippen molar-refractivity contribution in [3.05, 3.63) is 24.1 Å². The van der Waals surface area contributed by atoms with Gasteiger partial charge in [-0.15, -0.1) is 0 Å². The number of aromatic nitrogens is 1. The minimum Gasteiger partial charge on any atom is -0.465 e. The lowest BCUT2D eigenvalue weighted by Crippen LogP contribution is -2.65. The number of pyridine rings is 1. The van der Waals surface area contributed by atoms with Crippen LogP contribution in [-0.4, -0.2) is 71.5 Å². The lowest BCUT2D eigenvalue weighted by molar-refractivity contribution is -0.151. The summed E-state index contributed by atoms with van der Waals surface area (Å²) in [6.45, 7) is 6.76. The Morgan fingerprint density at radius 3 is 2.53 bits per heavy atom. The van der Waals surface area contributed by atoms with E-state index in [9.17, 15) is 22.4 Å². The van der Waals surface area contributed by atoms with Crippen molar-refractivity contribution in [2.75, 3.05) is 13.2 Å². The maximum atomic E-state index is 13.2. The second-order valence-corrected chi connectivity index (χ2v) is 10.1. The Bertz CT molecular complexity index is 915. The third-order valence-electron chi connectivity index (χ3n) is 5.02.